The molecule has 0 fully saturated rings. The highest BCUT2D eigenvalue weighted by Crippen LogP contribution is 2.34. The standard InChI is InChI=1S/C10H15Cl/c1-8(2)10(11)6-4-9(3)5-7-10/h4-6,8H,7H2,1-3H3. The van der Waals surface area contributed by atoms with Gasteiger partial charge in [0.05, 0.1) is 4.87 Å². The quantitative estimate of drug-likeness (QED) is 0.529. The SMILES string of the molecule is CC1=CCC(Cl)(C(C)C)C=C1. The van der Waals surface area contributed by atoms with Crippen LogP contribution in [0.4, 0.5) is 0 Å². The second-order valence-electron chi connectivity index (χ2n) is 3.57. The molecule has 11 heavy (non-hydrogen) atoms. The lowest BCUT2D eigenvalue weighted by Gasteiger charge is -2.28. The Morgan fingerprint density at radius 2 is 2.18 bits per heavy atom. The summed E-state index contributed by atoms with van der Waals surface area (Å²) in [5.41, 5.74) is 1.32. The van der Waals surface area contributed by atoms with Gasteiger partial charge in [0, 0.05) is 0 Å². The van der Waals surface area contributed by atoms with Gasteiger partial charge in [0.25, 0.3) is 0 Å². The van der Waals surface area contributed by atoms with E-state index in [0.717, 1.165) is 6.42 Å². The molecule has 0 aromatic carbocycles. The van der Waals surface area contributed by atoms with E-state index in [-0.39, 0.29) is 4.87 Å². The van der Waals surface area contributed by atoms with E-state index in [1.807, 2.05) is 0 Å². The molecule has 0 nitrogen and oxygen atoms in total. The molecule has 0 saturated carbocycles. The third-order valence-electron chi connectivity index (χ3n) is 2.32. The van der Waals surface area contributed by atoms with Crippen LogP contribution in [0.5, 0.6) is 0 Å². The molecule has 62 valence electrons. The summed E-state index contributed by atoms with van der Waals surface area (Å²) in [6, 6.07) is 0. The summed E-state index contributed by atoms with van der Waals surface area (Å²) in [6.07, 6.45) is 7.40. The molecule has 0 aliphatic heterocycles. The Labute approximate surface area is 73.9 Å². The fourth-order valence-electron chi connectivity index (χ4n) is 1.15. The van der Waals surface area contributed by atoms with Crippen LogP contribution in [0.15, 0.2) is 23.8 Å². The normalized spacial score (nSPS) is 30.8. The topological polar surface area (TPSA) is 0 Å². The number of hydrogen-bond acceptors (Lipinski definition) is 0. The minimum Gasteiger partial charge on any atom is -0.114 e. The van der Waals surface area contributed by atoms with E-state index in [1.165, 1.54) is 5.57 Å². The van der Waals surface area contributed by atoms with E-state index in [1.54, 1.807) is 0 Å². The van der Waals surface area contributed by atoms with Gasteiger partial charge in [-0.25, -0.2) is 0 Å². The molecule has 1 heteroatoms. The number of halogens is 1. The number of alkyl halides is 1. The van der Waals surface area contributed by atoms with Crippen molar-refractivity contribution in [2.24, 2.45) is 5.92 Å². The summed E-state index contributed by atoms with van der Waals surface area (Å²) in [6.45, 7) is 6.42. The summed E-state index contributed by atoms with van der Waals surface area (Å²) >= 11 is 6.34. The first-order chi connectivity index (χ1) is 5.04. The average Bonchev–Trinajstić information content (AvgIpc) is 1.95. The fraction of sp³-hybridized carbons (Fsp3) is 0.600. The Kier molecular flexibility index (Phi) is 2.43. The minimum atomic E-state index is -0.125. The van der Waals surface area contributed by atoms with Gasteiger partial charge >= 0.3 is 0 Å². The van der Waals surface area contributed by atoms with E-state index >= 15 is 0 Å². The number of allylic oxidation sites excluding steroid dienone is 4. The predicted molar refractivity (Wildman–Crippen MR) is 50.9 cm³/mol. The van der Waals surface area contributed by atoms with E-state index in [9.17, 15) is 0 Å². The first-order valence-electron chi connectivity index (χ1n) is 4.09. The highest BCUT2D eigenvalue weighted by Gasteiger charge is 2.28. The van der Waals surface area contributed by atoms with Crippen LogP contribution in [0.2, 0.25) is 0 Å². The smallest absolute Gasteiger partial charge is 0.0686 e. The monoisotopic (exact) mass is 170 g/mol. The molecule has 1 aliphatic carbocycles. The van der Waals surface area contributed by atoms with Crippen molar-refractivity contribution in [1.29, 1.82) is 0 Å². The summed E-state index contributed by atoms with van der Waals surface area (Å²) in [4.78, 5) is -0.125. The van der Waals surface area contributed by atoms with E-state index in [4.69, 9.17) is 11.6 Å². The lowest BCUT2D eigenvalue weighted by atomic mass is 9.87. The summed E-state index contributed by atoms with van der Waals surface area (Å²) < 4.78 is 0. The van der Waals surface area contributed by atoms with Crippen molar-refractivity contribution in [3.8, 4) is 0 Å². The fourth-order valence-corrected chi connectivity index (χ4v) is 1.29. The molecule has 1 atom stereocenters. The van der Waals surface area contributed by atoms with Gasteiger partial charge in [-0.1, -0.05) is 37.6 Å². The number of rotatable bonds is 1. The zero-order valence-corrected chi connectivity index (χ0v) is 8.15. The van der Waals surface area contributed by atoms with Gasteiger partial charge in [-0.15, -0.1) is 11.6 Å². The maximum absolute atomic E-state index is 6.34. The Morgan fingerprint density at radius 1 is 1.55 bits per heavy atom. The number of hydrogen-bond donors (Lipinski definition) is 0. The molecule has 1 unspecified atom stereocenters. The first kappa shape index (κ1) is 8.86. The van der Waals surface area contributed by atoms with Crippen LogP contribution in [0.25, 0.3) is 0 Å². The third-order valence-corrected chi connectivity index (χ3v) is 3.04. The molecule has 0 bridgehead atoms. The Morgan fingerprint density at radius 3 is 2.55 bits per heavy atom. The molecule has 1 rings (SSSR count). The van der Waals surface area contributed by atoms with Crippen molar-refractivity contribution in [2.45, 2.75) is 32.1 Å². The van der Waals surface area contributed by atoms with Gasteiger partial charge in [0.2, 0.25) is 0 Å². The van der Waals surface area contributed by atoms with Crippen LogP contribution >= 0.6 is 11.6 Å². The minimum absolute atomic E-state index is 0.125. The first-order valence-corrected chi connectivity index (χ1v) is 4.47. The third kappa shape index (κ3) is 1.87. The molecule has 0 radical (unpaired) electrons. The average molecular weight is 171 g/mol. The molecule has 0 saturated heterocycles. The van der Waals surface area contributed by atoms with Crippen LogP contribution in [0, 0.1) is 5.92 Å². The molecule has 0 amide bonds. The van der Waals surface area contributed by atoms with Crippen LogP contribution in [0.1, 0.15) is 27.2 Å². The van der Waals surface area contributed by atoms with Gasteiger partial charge < -0.3 is 0 Å². The summed E-state index contributed by atoms with van der Waals surface area (Å²) in [7, 11) is 0. The van der Waals surface area contributed by atoms with Gasteiger partial charge in [0.1, 0.15) is 0 Å². The van der Waals surface area contributed by atoms with Gasteiger partial charge in [-0.3, -0.25) is 0 Å². The largest absolute Gasteiger partial charge is 0.114 e. The van der Waals surface area contributed by atoms with Crippen LogP contribution in [-0.4, -0.2) is 4.87 Å². The molecule has 0 aromatic rings. The highest BCUT2D eigenvalue weighted by atomic mass is 35.5. The van der Waals surface area contributed by atoms with Crippen molar-refractivity contribution in [3.05, 3.63) is 23.8 Å². The Bertz CT molecular complexity index is 201. The Balaban J connectivity index is 2.74. The molecular weight excluding hydrogens is 156 g/mol. The van der Waals surface area contributed by atoms with E-state index in [2.05, 4.69) is 39.0 Å². The molecule has 0 aromatic heterocycles. The molecule has 0 spiro atoms. The zero-order valence-electron chi connectivity index (χ0n) is 7.39. The van der Waals surface area contributed by atoms with Gasteiger partial charge in [0.15, 0.2) is 0 Å². The lowest BCUT2D eigenvalue weighted by Crippen LogP contribution is -2.26. The van der Waals surface area contributed by atoms with Gasteiger partial charge in [-0.05, 0) is 19.3 Å². The zero-order chi connectivity index (χ0) is 8.48. The maximum atomic E-state index is 6.34. The maximum Gasteiger partial charge on any atom is 0.0686 e. The second-order valence-corrected chi connectivity index (χ2v) is 4.27. The van der Waals surface area contributed by atoms with Gasteiger partial charge in [-0.2, -0.15) is 0 Å². The molecule has 0 N–H and O–H groups in total. The summed E-state index contributed by atoms with van der Waals surface area (Å²) in [5.74, 6) is 0.504. The van der Waals surface area contributed by atoms with Crippen molar-refractivity contribution in [3.63, 3.8) is 0 Å². The van der Waals surface area contributed by atoms with Crippen LogP contribution in [0.3, 0.4) is 0 Å². The molecular formula is C10H15Cl. The van der Waals surface area contributed by atoms with Crippen molar-refractivity contribution in [1.82, 2.24) is 0 Å². The van der Waals surface area contributed by atoms with Crippen molar-refractivity contribution >= 4 is 11.6 Å². The molecule has 1 aliphatic rings. The van der Waals surface area contributed by atoms with Crippen molar-refractivity contribution in [2.75, 3.05) is 0 Å². The highest BCUT2D eigenvalue weighted by molar-refractivity contribution is 6.25. The summed E-state index contributed by atoms with van der Waals surface area (Å²) in [5, 5.41) is 0. The Hall–Kier alpha value is -0.230. The van der Waals surface area contributed by atoms with Crippen LogP contribution < -0.4 is 0 Å². The van der Waals surface area contributed by atoms with Crippen LogP contribution in [-0.2, 0) is 0 Å². The second kappa shape index (κ2) is 3.02. The lowest BCUT2D eigenvalue weighted by molar-refractivity contribution is 0.501. The van der Waals surface area contributed by atoms with E-state index < -0.39 is 0 Å². The van der Waals surface area contributed by atoms with Crippen molar-refractivity contribution < 1.29 is 0 Å². The predicted octanol–water partition coefficient (Wildman–Crippen LogP) is 3.53. The van der Waals surface area contributed by atoms with E-state index in [0.29, 0.717) is 5.92 Å². The molecule has 0 heterocycles.